The van der Waals surface area contributed by atoms with Crippen LogP contribution in [0.3, 0.4) is 0 Å². The van der Waals surface area contributed by atoms with Gasteiger partial charge < -0.3 is 14.8 Å². The van der Waals surface area contributed by atoms with Crippen molar-refractivity contribution in [2.45, 2.75) is 25.9 Å². The number of aromatic nitrogens is 1. The fraction of sp³-hybridized carbons (Fsp3) is 0.385. The molecule has 86 valence electrons. The molecule has 2 aromatic rings. The van der Waals surface area contributed by atoms with Crippen LogP contribution in [0.15, 0.2) is 24.3 Å². The van der Waals surface area contributed by atoms with Gasteiger partial charge in [-0.05, 0) is 32.0 Å². The fourth-order valence-electron chi connectivity index (χ4n) is 1.99. The first kappa shape index (κ1) is 11.0. The molecule has 0 unspecified atom stereocenters. The van der Waals surface area contributed by atoms with E-state index in [4.69, 9.17) is 0 Å². The summed E-state index contributed by atoms with van der Waals surface area (Å²) >= 11 is 0. The number of rotatable bonds is 2. The predicted octanol–water partition coefficient (Wildman–Crippen LogP) is 2.20. The molecule has 1 aromatic carbocycles. The summed E-state index contributed by atoms with van der Waals surface area (Å²) in [5, 5.41) is 20.3. The zero-order valence-corrected chi connectivity index (χ0v) is 9.86. The van der Waals surface area contributed by atoms with Crippen molar-refractivity contribution in [3.05, 3.63) is 30.0 Å². The van der Waals surface area contributed by atoms with Gasteiger partial charge in [0.05, 0.1) is 11.1 Å². The van der Waals surface area contributed by atoms with Crippen molar-refractivity contribution in [3.63, 3.8) is 0 Å². The third kappa shape index (κ3) is 2.04. The average Bonchev–Trinajstić information content (AvgIpc) is 2.42. The minimum absolute atomic E-state index is 0.267. The Labute approximate surface area is 94.9 Å². The van der Waals surface area contributed by atoms with Crippen LogP contribution >= 0.6 is 0 Å². The van der Waals surface area contributed by atoms with Gasteiger partial charge in [-0.15, -0.1) is 0 Å². The van der Waals surface area contributed by atoms with Gasteiger partial charge in [-0.3, -0.25) is 0 Å². The molecule has 3 heteroatoms. The highest BCUT2D eigenvalue weighted by atomic mass is 16.3. The van der Waals surface area contributed by atoms with E-state index >= 15 is 0 Å². The van der Waals surface area contributed by atoms with Gasteiger partial charge in [-0.1, -0.05) is 0 Å². The predicted molar refractivity (Wildman–Crippen MR) is 64.6 cm³/mol. The van der Waals surface area contributed by atoms with Crippen LogP contribution in [0.1, 0.15) is 19.5 Å². The standard InChI is InChI=1S/C13H17NO2/c1-13(2,16)8-10-6-9-4-5-11(15)7-12(9)14(10)3/h4-7,15-16H,8H2,1-3H3. The highest BCUT2D eigenvalue weighted by molar-refractivity contribution is 5.82. The molecule has 3 nitrogen and oxygen atoms in total. The van der Waals surface area contributed by atoms with Crippen LogP contribution < -0.4 is 0 Å². The van der Waals surface area contributed by atoms with Gasteiger partial charge in [0.15, 0.2) is 0 Å². The van der Waals surface area contributed by atoms with Crippen LogP contribution in [0.2, 0.25) is 0 Å². The highest BCUT2D eigenvalue weighted by Crippen LogP contribution is 2.25. The van der Waals surface area contributed by atoms with Crippen LogP contribution in [-0.2, 0) is 13.5 Å². The summed E-state index contributed by atoms with van der Waals surface area (Å²) in [5.41, 5.74) is 1.33. The molecule has 1 heterocycles. The van der Waals surface area contributed by atoms with E-state index in [1.807, 2.05) is 23.7 Å². The van der Waals surface area contributed by atoms with E-state index in [1.165, 1.54) is 0 Å². The zero-order valence-electron chi connectivity index (χ0n) is 9.86. The molecule has 0 spiro atoms. The largest absolute Gasteiger partial charge is 0.508 e. The lowest BCUT2D eigenvalue weighted by atomic mass is 10.0. The molecule has 0 bridgehead atoms. The third-order valence-electron chi connectivity index (χ3n) is 2.74. The molecule has 1 aromatic heterocycles. The van der Waals surface area contributed by atoms with Gasteiger partial charge in [-0.25, -0.2) is 0 Å². The second kappa shape index (κ2) is 3.52. The van der Waals surface area contributed by atoms with Crippen LogP contribution in [0.4, 0.5) is 0 Å². The Morgan fingerprint density at radius 3 is 2.56 bits per heavy atom. The number of aliphatic hydroxyl groups is 1. The molecule has 0 atom stereocenters. The number of phenols is 1. The number of fused-ring (bicyclic) bond motifs is 1. The Morgan fingerprint density at radius 1 is 1.25 bits per heavy atom. The van der Waals surface area contributed by atoms with Gasteiger partial charge in [0.1, 0.15) is 5.75 Å². The molecule has 0 saturated carbocycles. The van der Waals surface area contributed by atoms with Crippen molar-refractivity contribution in [3.8, 4) is 5.75 Å². The Kier molecular flexibility index (Phi) is 2.43. The summed E-state index contributed by atoms with van der Waals surface area (Å²) in [7, 11) is 1.95. The van der Waals surface area contributed by atoms with Gasteiger partial charge in [0.2, 0.25) is 0 Å². The lowest BCUT2D eigenvalue weighted by Gasteiger charge is -2.17. The molecule has 0 fully saturated rings. The van der Waals surface area contributed by atoms with Gasteiger partial charge in [-0.2, -0.15) is 0 Å². The number of nitrogens with zero attached hydrogens (tertiary/aromatic N) is 1. The van der Waals surface area contributed by atoms with E-state index in [0.717, 1.165) is 16.6 Å². The number of hydrogen-bond donors (Lipinski definition) is 2. The second-order valence-corrected chi connectivity index (χ2v) is 4.93. The van der Waals surface area contributed by atoms with Gasteiger partial charge in [0.25, 0.3) is 0 Å². The lowest BCUT2D eigenvalue weighted by Crippen LogP contribution is -2.23. The van der Waals surface area contributed by atoms with Crippen molar-refractivity contribution >= 4 is 10.9 Å². The Balaban J connectivity index is 2.52. The van der Waals surface area contributed by atoms with Crippen molar-refractivity contribution < 1.29 is 10.2 Å². The maximum Gasteiger partial charge on any atom is 0.117 e. The molecule has 0 aliphatic carbocycles. The Hall–Kier alpha value is -1.48. The quantitative estimate of drug-likeness (QED) is 0.813. The van der Waals surface area contributed by atoms with Crippen LogP contribution in [0.25, 0.3) is 10.9 Å². The minimum Gasteiger partial charge on any atom is -0.508 e. The minimum atomic E-state index is -0.718. The van der Waals surface area contributed by atoms with Gasteiger partial charge >= 0.3 is 0 Å². The molecule has 0 aliphatic rings. The first-order valence-electron chi connectivity index (χ1n) is 5.36. The van der Waals surface area contributed by atoms with Gasteiger partial charge in [0, 0.05) is 30.6 Å². The van der Waals surface area contributed by atoms with E-state index in [9.17, 15) is 10.2 Å². The maximum atomic E-state index is 9.81. The van der Waals surface area contributed by atoms with Crippen molar-refractivity contribution in [1.29, 1.82) is 0 Å². The second-order valence-electron chi connectivity index (χ2n) is 4.93. The molecule has 2 N–H and O–H groups in total. The number of aryl methyl sites for hydroxylation is 1. The van der Waals surface area contributed by atoms with E-state index in [-0.39, 0.29) is 5.75 Å². The van der Waals surface area contributed by atoms with Crippen LogP contribution in [0, 0.1) is 0 Å². The maximum absolute atomic E-state index is 9.81. The monoisotopic (exact) mass is 219 g/mol. The van der Waals surface area contributed by atoms with E-state index in [1.54, 1.807) is 26.0 Å². The Morgan fingerprint density at radius 2 is 1.94 bits per heavy atom. The molecule has 0 saturated heterocycles. The molecule has 0 radical (unpaired) electrons. The molecule has 2 rings (SSSR count). The van der Waals surface area contributed by atoms with Crippen molar-refractivity contribution in [2.75, 3.05) is 0 Å². The summed E-state index contributed by atoms with van der Waals surface area (Å²) in [5.74, 6) is 0.267. The Bertz CT molecular complexity index is 520. The third-order valence-corrected chi connectivity index (χ3v) is 2.74. The summed E-state index contributed by atoms with van der Waals surface area (Å²) in [4.78, 5) is 0. The normalized spacial score (nSPS) is 12.2. The molecule has 0 aliphatic heterocycles. The van der Waals surface area contributed by atoms with Crippen molar-refractivity contribution in [2.24, 2.45) is 7.05 Å². The average molecular weight is 219 g/mol. The smallest absolute Gasteiger partial charge is 0.117 e. The number of phenolic OH excluding ortho intramolecular Hbond substituents is 1. The molecular weight excluding hydrogens is 202 g/mol. The first-order valence-corrected chi connectivity index (χ1v) is 5.36. The summed E-state index contributed by atoms with van der Waals surface area (Å²) in [6, 6.07) is 7.35. The van der Waals surface area contributed by atoms with Crippen LogP contribution in [0.5, 0.6) is 5.75 Å². The number of benzene rings is 1. The first-order chi connectivity index (χ1) is 7.37. The van der Waals surface area contributed by atoms with E-state index < -0.39 is 5.60 Å². The summed E-state index contributed by atoms with van der Waals surface area (Å²) < 4.78 is 2.01. The van der Waals surface area contributed by atoms with E-state index in [2.05, 4.69) is 0 Å². The number of aromatic hydroxyl groups is 1. The topological polar surface area (TPSA) is 45.4 Å². The molecule has 16 heavy (non-hydrogen) atoms. The highest BCUT2D eigenvalue weighted by Gasteiger charge is 2.16. The van der Waals surface area contributed by atoms with Crippen molar-refractivity contribution in [1.82, 2.24) is 4.57 Å². The van der Waals surface area contributed by atoms with Crippen LogP contribution in [-0.4, -0.2) is 20.4 Å². The number of hydrogen-bond acceptors (Lipinski definition) is 2. The summed E-state index contributed by atoms with van der Waals surface area (Å²) in [6.07, 6.45) is 0.596. The molecular formula is C13H17NO2. The zero-order chi connectivity index (χ0) is 11.9. The lowest BCUT2D eigenvalue weighted by molar-refractivity contribution is 0.0793. The fourth-order valence-corrected chi connectivity index (χ4v) is 1.99. The molecule has 0 amide bonds. The summed E-state index contributed by atoms with van der Waals surface area (Å²) in [6.45, 7) is 3.59. The SMILES string of the molecule is Cn1c(CC(C)(C)O)cc2ccc(O)cc21. The van der Waals surface area contributed by atoms with E-state index in [0.29, 0.717) is 6.42 Å².